The Morgan fingerprint density at radius 1 is 1.29 bits per heavy atom. The average Bonchev–Trinajstić information content (AvgIpc) is 2.53. The van der Waals surface area contributed by atoms with E-state index in [4.69, 9.17) is 4.74 Å². The maximum Gasteiger partial charge on any atom is 0.212 e. The first kappa shape index (κ1) is 16.3. The van der Waals surface area contributed by atoms with Gasteiger partial charge in [0.05, 0.1) is 7.11 Å². The molecular weight excluding hydrogens is 260 g/mol. The lowest BCUT2D eigenvalue weighted by molar-refractivity contribution is 0.228. The van der Waals surface area contributed by atoms with Crippen molar-refractivity contribution in [3.63, 3.8) is 0 Å². The van der Waals surface area contributed by atoms with Crippen LogP contribution in [0.5, 0.6) is 5.88 Å². The van der Waals surface area contributed by atoms with E-state index in [0.717, 1.165) is 24.8 Å². The number of rotatable bonds is 7. The summed E-state index contributed by atoms with van der Waals surface area (Å²) in [5, 5.41) is 3.77. The van der Waals surface area contributed by atoms with Crippen molar-refractivity contribution in [2.24, 2.45) is 11.8 Å². The van der Waals surface area contributed by atoms with E-state index >= 15 is 0 Å². The Morgan fingerprint density at radius 2 is 2.05 bits per heavy atom. The van der Waals surface area contributed by atoms with Gasteiger partial charge in [-0.1, -0.05) is 32.8 Å². The maximum absolute atomic E-state index is 5.14. The van der Waals surface area contributed by atoms with Gasteiger partial charge in [0.25, 0.3) is 0 Å². The number of methoxy groups -OCH3 is 1. The predicted octanol–water partition coefficient (Wildman–Crippen LogP) is 3.83. The minimum atomic E-state index is 0.590. The van der Waals surface area contributed by atoms with Crippen LogP contribution in [0.4, 0.5) is 0 Å². The van der Waals surface area contributed by atoms with Crippen molar-refractivity contribution in [1.29, 1.82) is 0 Å². The van der Waals surface area contributed by atoms with E-state index in [9.17, 15) is 0 Å². The fraction of sp³-hybridized carbons (Fsp3) is 0.722. The fourth-order valence-corrected chi connectivity index (χ4v) is 3.33. The monoisotopic (exact) mass is 290 g/mol. The van der Waals surface area contributed by atoms with Crippen LogP contribution >= 0.6 is 0 Å². The Bertz CT molecular complexity index is 396. The Labute approximate surface area is 129 Å². The second-order valence-electron chi connectivity index (χ2n) is 6.49. The highest BCUT2D eigenvalue weighted by Crippen LogP contribution is 2.31. The Kier molecular flexibility index (Phi) is 6.50. The van der Waals surface area contributed by atoms with E-state index in [1.54, 1.807) is 7.11 Å². The quantitative estimate of drug-likeness (QED) is 0.828. The van der Waals surface area contributed by atoms with Crippen LogP contribution < -0.4 is 10.1 Å². The lowest BCUT2D eigenvalue weighted by atomic mass is 9.78. The summed E-state index contributed by atoms with van der Waals surface area (Å²) in [6.45, 7) is 5.74. The van der Waals surface area contributed by atoms with Crippen LogP contribution in [0.1, 0.15) is 51.5 Å². The summed E-state index contributed by atoms with van der Waals surface area (Å²) in [5.74, 6) is 2.42. The highest BCUT2D eigenvalue weighted by molar-refractivity contribution is 5.18. The highest BCUT2D eigenvalue weighted by atomic mass is 16.5. The number of aromatic nitrogens is 1. The van der Waals surface area contributed by atoms with Crippen molar-refractivity contribution in [1.82, 2.24) is 10.3 Å². The Morgan fingerprint density at radius 3 is 2.62 bits per heavy atom. The fourth-order valence-electron chi connectivity index (χ4n) is 3.33. The van der Waals surface area contributed by atoms with Crippen molar-refractivity contribution in [3.8, 4) is 5.88 Å². The van der Waals surface area contributed by atoms with E-state index in [1.807, 2.05) is 12.3 Å². The summed E-state index contributed by atoms with van der Waals surface area (Å²) in [4.78, 5) is 4.34. The van der Waals surface area contributed by atoms with Crippen molar-refractivity contribution in [2.75, 3.05) is 13.7 Å². The molecule has 1 heterocycles. The van der Waals surface area contributed by atoms with Gasteiger partial charge in [0.15, 0.2) is 0 Å². The van der Waals surface area contributed by atoms with Crippen LogP contribution in [0.25, 0.3) is 0 Å². The molecule has 1 fully saturated rings. The molecule has 1 aliphatic rings. The summed E-state index contributed by atoms with van der Waals surface area (Å²) in [6.07, 6.45) is 9.74. The van der Waals surface area contributed by atoms with Gasteiger partial charge < -0.3 is 10.1 Å². The van der Waals surface area contributed by atoms with Gasteiger partial charge in [0, 0.05) is 18.3 Å². The van der Waals surface area contributed by atoms with Crippen LogP contribution in [0.3, 0.4) is 0 Å². The Balaban J connectivity index is 1.97. The number of nitrogens with zero attached hydrogens (tertiary/aromatic N) is 1. The zero-order valence-corrected chi connectivity index (χ0v) is 13.8. The molecule has 0 amide bonds. The van der Waals surface area contributed by atoms with Crippen LogP contribution in [-0.4, -0.2) is 24.7 Å². The molecule has 1 saturated carbocycles. The zero-order valence-electron chi connectivity index (χ0n) is 13.8. The SMILES string of the molecule is CCCNC(Cc1ccc(OC)nc1)C1CCC(C)CC1. The van der Waals surface area contributed by atoms with E-state index in [0.29, 0.717) is 11.9 Å². The van der Waals surface area contributed by atoms with Crippen molar-refractivity contribution < 1.29 is 4.74 Å². The molecule has 21 heavy (non-hydrogen) atoms. The average molecular weight is 290 g/mol. The lowest BCUT2D eigenvalue weighted by Crippen LogP contribution is -2.40. The molecule has 3 heteroatoms. The standard InChI is InChI=1S/C18H30N2O/c1-4-11-19-17(16-8-5-14(2)6-9-16)12-15-7-10-18(21-3)20-13-15/h7,10,13-14,16-17,19H,4-6,8-9,11-12H2,1-3H3. The molecule has 0 bridgehead atoms. The van der Waals surface area contributed by atoms with Crippen molar-refractivity contribution in [3.05, 3.63) is 23.9 Å². The molecule has 0 saturated heterocycles. The number of nitrogens with one attached hydrogen (secondary N) is 1. The molecule has 1 N–H and O–H groups in total. The molecule has 1 aromatic rings. The summed E-state index contributed by atoms with van der Waals surface area (Å²) in [6, 6.07) is 4.71. The van der Waals surface area contributed by atoms with Crippen molar-refractivity contribution in [2.45, 2.75) is 58.4 Å². The molecular formula is C18H30N2O. The molecule has 0 aliphatic heterocycles. The van der Waals surface area contributed by atoms with Gasteiger partial charge in [-0.3, -0.25) is 0 Å². The summed E-state index contributed by atoms with van der Waals surface area (Å²) < 4.78 is 5.14. The molecule has 118 valence electrons. The van der Waals surface area contributed by atoms with Gasteiger partial charge in [-0.15, -0.1) is 0 Å². The first-order valence-corrected chi connectivity index (χ1v) is 8.45. The van der Waals surface area contributed by atoms with Gasteiger partial charge in [0.2, 0.25) is 5.88 Å². The van der Waals surface area contributed by atoms with Gasteiger partial charge in [-0.05, 0) is 49.6 Å². The predicted molar refractivity (Wildman–Crippen MR) is 87.7 cm³/mol. The number of hydrogen-bond acceptors (Lipinski definition) is 3. The second kappa shape index (κ2) is 8.38. The number of ether oxygens (including phenoxy) is 1. The summed E-state index contributed by atoms with van der Waals surface area (Å²) in [5.41, 5.74) is 1.31. The van der Waals surface area contributed by atoms with Crippen LogP contribution in [0.2, 0.25) is 0 Å². The maximum atomic E-state index is 5.14. The van der Waals surface area contributed by atoms with Gasteiger partial charge >= 0.3 is 0 Å². The third-order valence-corrected chi connectivity index (χ3v) is 4.75. The normalized spacial score (nSPS) is 23.8. The molecule has 2 rings (SSSR count). The van der Waals surface area contributed by atoms with Gasteiger partial charge in [0.1, 0.15) is 0 Å². The first-order chi connectivity index (χ1) is 10.2. The highest BCUT2D eigenvalue weighted by Gasteiger charge is 2.25. The topological polar surface area (TPSA) is 34.1 Å². The summed E-state index contributed by atoms with van der Waals surface area (Å²) >= 11 is 0. The first-order valence-electron chi connectivity index (χ1n) is 8.45. The molecule has 0 spiro atoms. The Hall–Kier alpha value is -1.09. The molecule has 1 unspecified atom stereocenters. The lowest BCUT2D eigenvalue weighted by Gasteiger charge is -2.33. The van der Waals surface area contributed by atoms with E-state index in [-0.39, 0.29) is 0 Å². The zero-order chi connectivity index (χ0) is 15.1. The minimum Gasteiger partial charge on any atom is -0.481 e. The minimum absolute atomic E-state index is 0.590. The van der Waals surface area contributed by atoms with Gasteiger partial charge in [-0.25, -0.2) is 4.98 Å². The van der Waals surface area contributed by atoms with E-state index < -0.39 is 0 Å². The summed E-state index contributed by atoms with van der Waals surface area (Å²) in [7, 11) is 1.66. The van der Waals surface area contributed by atoms with Crippen LogP contribution in [-0.2, 0) is 6.42 Å². The number of pyridine rings is 1. The molecule has 0 radical (unpaired) electrons. The largest absolute Gasteiger partial charge is 0.481 e. The van der Waals surface area contributed by atoms with Crippen LogP contribution in [0, 0.1) is 11.8 Å². The molecule has 1 atom stereocenters. The molecule has 1 aliphatic carbocycles. The van der Waals surface area contributed by atoms with Crippen molar-refractivity contribution >= 4 is 0 Å². The third-order valence-electron chi connectivity index (χ3n) is 4.75. The number of hydrogen-bond donors (Lipinski definition) is 1. The second-order valence-corrected chi connectivity index (χ2v) is 6.49. The molecule has 0 aromatic carbocycles. The third kappa shape index (κ3) is 4.99. The van der Waals surface area contributed by atoms with Crippen LogP contribution in [0.15, 0.2) is 18.3 Å². The molecule has 3 nitrogen and oxygen atoms in total. The van der Waals surface area contributed by atoms with E-state index in [1.165, 1.54) is 37.7 Å². The van der Waals surface area contributed by atoms with E-state index in [2.05, 4.69) is 30.2 Å². The molecule has 1 aromatic heterocycles. The smallest absolute Gasteiger partial charge is 0.212 e. The van der Waals surface area contributed by atoms with Gasteiger partial charge in [-0.2, -0.15) is 0 Å².